The SMILES string of the molecule is COc1ccc(CN(c2scnc2C(=O)OC(C)(C)C)S(=O)(=O)c2ccc(CC(=O)CCCl)c(F)c2)cc1. The summed E-state index contributed by atoms with van der Waals surface area (Å²) < 4.78 is 54.3. The van der Waals surface area contributed by atoms with Crippen LogP contribution in [0.5, 0.6) is 5.75 Å². The van der Waals surface area contributed by atoms with E-state index in [9.17, 15) is 22.4 Å². The largest absolute Gasteiger partial charge is 0.497 e. The molecule has 1 aromatic heterocycles. The molecule has 38 heavy (non-hydrogen) atoms. The molecule has 0 fully saturated rings. The number of alkyl halides is 1. The van der Waals surface area contributed by atoms with Crippen molar-refractivity contribution in [2.24, 2.45) is 0 Å². The number of Topliss-reactive ketones (excluding diaryl/α,β-unsaturated/α-hetero) is 1. The van der Waals surface area contributed by atoms with E-state index in [4.69, 9.17) is 21.1 Å². The molecule has 8 nitrogen and oxygen atoms in total. The number of benzene rings is 2. The van der Waals surface area contributed by atoms with E-state index in [1.54, 1.807) is 45.0 Å². The number of hydrogen-bond donors (Lipinski definition) is 0. The number of carbonyl (C=O) groups excluding carboxylic acids is 2. The number of halogens is 2. The van der Waals surface area contributed by atoms with Crippen molar-refractivity contribution in [2.75, 3.05) is 17.3 Å². The molecule has 0 saturated carbocycles. The molecule has 0 spiro atoms. The highest BCUT2D eigenvalue weighted by atomic mass is 35.5. The highest BCUT2D eigenvalue weighted by Crippen LogP contribution is 2.34. The molecule has 204 valence electrons. The smallest absolute Gasteiger partial charge is 0.360 e. The fourth-order valence-corrected chi connectivity index (χ4v) is 6.10. The zero-order chi connectivity index (χ0) is 28.1. The minimum Gasteiger partial charge on any atom is -0.497 e. The standard InChI is InChI=1S/C26H28ClFN2O6S2/c1-26(2,3)36-25(32)23-24(37-16-29-23)30(15-17-5-8-20(35-4)9-6-17)38(33,34)21-10-7-18(22(28)14-21)13-19(31)11-12-27/h5-10,14,16H,11-13,15H2,1-4H3. The molecule has 0 bridgehead atoms. The normalized spacial score (nSPS) is 11.7. The predicted octanol–water partition coefficient (Wildman–Crippen LogP) is 5.38. The van der Waals surface area contributed by atoms with Crippen molar-refractivity contribution in [1.82, 2.24) is 4.98 Å². The second kappa shape index (κ2) is 12.2. The number of anilines is 1. The number of aromatic nitrogens is 1. The molecule has 3 aromatic rings. The van der Waals surface area contributed by atoms with Gasteiger partial charge in [0.05, 0.1) is 24.1 Å². The van der Waals surface area contributed by atoms with Crippen LogP contribution in [-0.2, 0) is 32.5 Å². The zero-order valence-corrected chi connectivity index (χ0v) is 23.8. The van der Waals surface area contributed by atoms with Gasteiger partial charge in [0.1, 0.15) is 28.0 Å². The van der Waals surface area contributed by atoms with Gasteiger partial charge in [0.15, 0.2) is 5.69 Å². The van der Waals surface area contributed by atoms with E-state index in [0.29, 0.717) is 11.3 Å². The van der Waals surface area contributed by atoms with Crippen LogP contribution in [0, 0.1) is 5.82 Å². The molecule has 1 heterocycles. The van der Waals surface area contributed by atoms with Crippen LogP contribution >= 0.6 is 22.9 Å². The number of carbonyl (C=O) groups is 2. The van der Waals surface area contributed by atoms with Crippen molar-refractivity contribution in [1.29, 1.82) is 0 Å². The lowest BCUT2D eigenvalue weighted by Crippen LogP contribution is -2.32. The monoisotopic (exact) mass is 582 g/mol. The molecule has 0 aliphatic heterocycles. The van der Waals surface area contributed by atoms with Crippen molar-refractivity contribution >= 4 is 49.7 Å². The number of esters is 1. The molecule has 0 amide bonds. The van der Waals surface area contributed by atoms with Crippen LogP contribution in [-0.4, -0.2) is 43.7 Å². The number of rotatable bonds is 11. The van der Waals surface area contributed by atoms with E-state index in [2.05, 4.69) is 4.98 Å². The third-order valence-electron chi connectivity index (χ3n) is 5.23. The lowest BCUT2D eigenvalue weighted by atomic mass is 10.1. The second-order valence-corrected chi connectivity index (χ2v) is 12.3. The Bertz CT molecular complexity index is 1400. The summed E-state index contributed by atoms with van der Waals surface area (Å²) in [5.74, 6) is -1.20. The summed E-state index contributed by atoms with van der Waals surface area (Å²) in [5, 5.41) is 0.0249. The highest BCUT2D eigenvalue weighted by Gasteiger charge is 2.33. The summed E-state index contributed by atoms with van der Waals surface area (Å²) in [4.78, 5) is 28.5. The van der Waals surface area contributed by atoms with Gasteiger partial charge in [-0.15, -0.1) is 22.9 Å². The Morgan fingerprint density at radius 2 is 1.82 bits per heavy atom. The van der Waals surface area contributed by atoms with Crippen LogP contribution < -0.4 is 9.04 Å². The van der Waals surface area contributed by atoms with Crippen molar-refractivity contribution in [3.05, 3.63) is 70.6 Å². The summed E-state index contributed by atoms with van der Waals surface area (Å²) >= 11 is 6.52. The van der Waals surface area contributed by atoms with Gasteiger partial charge in [0.2, 0.25) is 0 Å². The molecule has 0 aliphatic carbocycles. The maximum absolute atomic E-state index is 14.9. The van der Waals surface area contributed by atoms with Crippen molar-refractivity contribution < 1.29 is 31.9 Å². The van der Waals surface area contributed by atoms with Crippen molar-refractivity contribution in [2.45, 2.75) is 50.7 Å². The average molecular weight is 583 g/mol. The van der Waals surface area contributed by atoms with Crippen LogP contribution in [0.1, 0.15) is 48.8 Å². The number of ether oxygens (including phenoxy) is 2. The van der Waals surface area contributed by atoms with Crippen LogP contribution in [0.2, 0.25) is 0 Å². The lowest BCUT2D eigenvalue weighted by Gasteiger charge is -2.25. The molecule has 12 heteroatoms. The third-order valence-corrected chi connectivity index (χ3v) is 8.12. The third kappa shape index (κ3) is 7.30. The quantitative estimate of drug-likeness (QED) is 0.221. The fourth-order valence-electron chi connectivity index (χ4n) is 3.41. The maximum atomic E-state index is 14.9. The first-order valence-corrected chi connectivity index (χ1v) is 14.4. The molecule has 0 unspecified atom stereocenters. The summed E-state index contributed by atoms with van der Waals surface area (Å²) in [6, 6.07) is 10.1. The molecule has 3 rings (SSSR count). The van der Waals surface area contributed by atoms with Crippen LogP contribution in [0.3, 0.4) is 0 Å². The molecular weight excluding hydrogens is 555 g/mol. The molecule has 0 aliphatic rings. The molecule has 0 atom stereocenters. The average Bonchev–Trinajstić information content (AvgIpc) is 3.33. The molecule has 0 saturated heterocycles. The Hall–Kier alpha value is -3.02. The Labute approximate surface area is 230 Å². The van der Waals surface area contributed by atoms with E-state index in [-0.39, 0.29) is 52.2 Å². The molecule has 2 aromatic carbocycles. The van der Waals surface area contributed by atoms with Gasteiger partial charge in [0.25, 0.3) is 10.0 Å². The van der Waals surface area contributed by atoms with Crippen molar-refractivity contribution in [3.8, 4) is 5.75 Å². The van der Waals surface area contributed by atoms with Gasteiger partial charge in [-0.1, -0.05) is 18.2 Å². The van der Waals surface area contributed by atoms with E-state index in [1.807, 2.05) is 0 Å². The highest BCUT2D eigenvalue weighted by molar-refractivity contribution is 7.93. The fraction of sp³-hybridized carbons (Fsp3) is 0.346. The van der Waals surface area contributed by atoms with Gasteiger partial charge in [-0.3, -0.25) is 9.10 Å². The predicted molar refractivity (Wildman–Crippen MR) is 144 cm³/mol. The van der Waals surface area contributed by atoms with Crippen LogP contribution in [0.4, 0.5) is 9.39 Å². The van der Waals surface area contributed by atoms with E-state index in [1.165, 1.54) is 24.8 Å². The van der Waals surface area contributed by atoms with E-state index >= 15 is 0 Å². The van der Waals surface area contributed by atoms with Gasteiger partial charge in [-0.25, -0.2) is 22.6 Å². The second-order valence-electron chi connectivity index (χ2n) is 9.28. The first-order chi connectivity index (χ1) is 17.9. The number of ketones is 1. The number of nitrogens with zero attached hydrogens (tertiary/aromatic N) is 2. The Morgan fingerprint density at radius 1 is 1.13 bits per heavy atom. The van der Waals surface area contributed by atoms with Gasteiger partial charge in [-0.2, -0.15) is 0 Å². The maximum Gasteiger partial charge on any atom is 0.360 e. The summed E-state index contributed by atoms with van der Waals surface area (Å²) in [7, 11) is -2.89. The first kappa shape index (κ1) is 29.5. The zero-order valence-electron chi connectivity index (χ0n) is 21.4. The van der Waals surface area contributed by atoms with Gasteiger partial charge in [-0.05, 0) is 56.2 Å². The van der Waals surface area contributed by atoms with E-state index in [0.717, 1.165) is 21.7 Å². The number of hydrogen-bond acceptors (Lipinski definition) is 8. The summed E-state index contributed by atoms with van der Waals surface area (Å²) in [5.41, 5.74) is 0.981. The minimum absolute atomic E-state index is 0.0249. The Balaban J connectivity index is 2.06. The number of sulfonamides is 1. The minimum atomic E-state index is -4.40. The Morgan fingerprint density at radius 3 is 2.39 bits per heavy atom. The first-order valence-electron chi connectivity index (χ1n) is 11.5. The lowest BCUT2D eigenvalue weighted by molar-refractivity contribution is -0.118. The van der Waals surface area contributed by atoms with E-state index < -0.39 is 27.4 Å². The topological polar surface area (TPSA) is 103 Å². The van der Waals surface area contributed by atoms with Gasteiger partial charge in [0, 0.05) is 18.7 Å². The Kier molecular flexibility index (Phi) is 9.50. The molecule has 0 radical (unpaired) electrons. The molecule has 0 N–H and O–H groups in total. The van der Waals surface area contributed by atoms with Gasteiger partial charge < -0.3 is 9.47 Å². The summed E-state index contributed by atoms with van der Waals surface area (Å²) in [6.07, 6.45) is -0.123. The van der Waals surface area contributed by atoms with Gasteiger partial charge >= 0.3 is 5.97 Å². The number of methoxy groups -OCH3 is 1. The van der Waals surface area contributed by atoms with Crippen LogP contribution in [0.15, 0.2) is 52.9 Å². The van der Waals surface area contributed by atoms with Crippen molar-refractivity contribution in [3.63, 3.8) is 0 Å². The molecular formula is C26H28ClFN2O6S2. The van der Waals surface area contributed by atoms with Crippen LogP contribution in [0.25, 0.3) is 0 Å². The summed E-state index contributed by atoms with van der Waals surface area (Å²) in [6.45, 7) is 4.88. The number of thiazole rings is 1.